The number of halogens is 3. The molecule has 0 spiro atoms. The largest absolute Gasteiger partial charge is 0.484 e. The summed E-state index contributed by atoms with van der Waals surface area (Å²) in [6, 6.07) is 15.2. The van der Waals surface area contributed by atoms with Crippen LogP contribution in [0.15, 0.2) is 64.1 Å². The molecule has 0 saturated carbocycles. The van der Waals surface area contributed by atoms with Gasteiger partial charge in [-0.05, 0) is 54.6 Å². The minimum Gasteiger partial charge on any atom is -0.484 e. The molecule has 0 saturated heterocycles. The van der Waals surface area contributed by atoms with E-state index in [2.05, 4.69) is 10.5 Å². The molecule has 3 rings (SSSR count). The van der Waals surface area contributed by atoms with Gasteiger partial charge in [-0.1, -0.05) is 34.8 Å². The van der Waals surface area contributed by atoms with Crippen LogP contribution in [0.3, 0.4) is 0 Å². The molecule has 1 heterocycles. The van der Waals surface area contributed by atoms with E-state index in [4.69, 9.17) is 44.0 Å². The van der Waals surface area contributed by atoms with Crippen molar-refractivity contribution in [3.05, 3.63) is 75.4 Å². The van der Waals surface area contributed by atoms with Gasteiger partial charge in [-0.3, -0.25) is 4.79 Å². The van der Waals surface area contributed by atoms with Crippen LogP contribution in [-0.2, 0) is 4.79 Å². The van der Waals surface area contributed by atoms with E-state index in [0.29, 0.717) is 37.9 Å². The highest BCUT2D eigenvalue weighted by atomic mass is 35.5. The first-order chi connectivity index (χ1) is 13.0. The molecule has 1 N–H and O–H groups in total. The Morgan fingerprint density at radius 2 is 1.78 bits per heavy atom. The lowest BCUT2D eigenvalue weighted by Crippen LogP contribution is -2.24. The van der Waals surface area contributed by atoms with Crippen molar-refractivity contribution in [2.75, 3.05) is 6.61 Å². The third kappa shape index (κ3) is 5.50. The molecule has 0 atom stereocenters. The van der Waals surface area contributed by atoms with Gasteiger partial charge in [0.25, 0.3) is 5.91 Å². The number of carbonyl (C=O) groups excluding carboxylic acids is 1. The molecule has 0 bridgehead atoms. The van der Waals surface area contributed by atoms with E-state index in [1.54, 1.807) is 54.6 Å². The van der Waals surface area contributed by atoms with E-state index < -0.39 is 5.91 Å². The number of benzene rings is 2. The van der Waals surface area contributed by atoms with Gasteiger partial charge in [0.15, 0.2) is 6.61 Å². The van der Waals surface area contributed by atoms with Gasteiger partial charge in [0.05, 0.1) is 11.2 Å². The molecule has 1 aromatic heterocycles. The number of nitrogens with zero attached hydrogens (tertiary/aromatic N) is 1. The monoisotopic (exact) mass is 422 g/mol. The summed E-state index contributed by atoms with van der Waals surface area (Å²) >= 11 is 17.9. The summed E-state index contributed by atoms with van der Waals surface area (Å²) < 4.78 is 11.0. The van der Waals surface area contributed by atoms with Gasteiger partial charge in [-0.25, -0.2) is 5.43 Å². The van der Waals surface area contributed by atoms with Gasteiger partial charge in [-0.15, -0.1) is 0 Å². The third-order valence-corrected chi connectivity index (χ3v) is 4.20. The maximum atomic E-state index is 11.7. The van der Waals surface area contributed by atoms with Crippen LogP contribution in [-0.4, -0.2) is 18.7 Å². The van der Waals surface area contributed by atoms with Crippen molar-refractivity contribution in [3.8, 4) is 17.1 Å². The Balaban J connectivity index is 1.54. The fourth-order valence-corrected chi connectivity index (χ4v) is 2.64. The normalized spacial score (nSPS) is 10.9. The second-order valence-electron chi connectivity index (χ2n) is 5.36. The van der Waals surface area contributed by atoms with Crippen molar-refractivity contribution in [2.24, 2.45) is 5.10 Å². The first-order valence-electron chi connectivity index (χ1n) is 7.77. The van der Waals surface area contributed by atoms with Gasteiger partial charge in [0.2, 0.25) is 0 Å². The van der Waals surface area contributed by atoms with E-state index >= 15 is 0 Å². The maximum absolute atomic E-state index is 11.7. The predicted octanol–water partition coefficient (Wildman–Crippen LogP) is 5.44. The smallest absolute Gasteiger partial charge is 0.277 e. The molecule has 0 aliphatic heterocycles. The molecule has 1 amide bonds. The molecule has 0 aliphatic rings. The summed E-state index contributed by atoms with van der Waals surface area (Å²) in [5.41, 5.74) is 3.03. The fraction of sp³-hybridized carbons (Fsp3) is 0.0526. The van der Waals surface area contributed by atoms with Crippen molar-refractivity contribution in [2.45, 2.75) is 0 Å². The number of amides is 1. The zero-order chi connectivity index (χ0) is 19.2. The number of hydrogen-bond donors (Lipinski definition) is 1. The van der Waals surface area contributed by atoms with E-state index in [0.717, 1.165) is 0 Å². The molecular weight excluding hydrogens is 411 g/mol. The van der Waals surface area contributed by atoms with E-state index in [-0.39, 0.29) is 6.61 Å². The molecule has 3 aromatic rings. The molecule has 138 valence electrons. The number of hydrogen-bond acceptors (Lipinski definition) is 4. The van der Waals surface area contributed by atoms with E-state index in [9.17, 15) is 4.79 Å². The van der Waals surface area contributed by atoms with Crippen LogP contribution in [0.5, 0.6) is 5.75 Å². The minimum atomic E-state index is -0.411. The molecule has 8 heteroatoms. The quantitative estimate of drug-likeness (QED) is 0.424. The Morgan fingerprint density at radius 1 is 1.04 bits per heavy atom. The molecule has 0 aliphatic carbocycles. The van der Waals surface area contributed by atoms with Gasteiger partial charge in [0.1, 0.15) is 17.3 Å². The average Bonchev–Trinajstić information content (AvgIpc) is 3.12. The summed E-state index contributed by atoms with van der Waals surface area (Å²) in [5.74, 6) is 1.11. The van der Waals surface area contributed by atoms with Gasteiger partial charge < -0.3 is 9.15 Å². The molecule has 0 unspecified atom stereocenters. The van der Waals surface area contributed by atoms with Gasteiger partial charge >= 0.3 is 0 Å². The van der Waals surface area contributed by atoms with Crippen molar-refractivity contribution in [1.82, 2.24) is 5.43 Å². The first-order valence-corrected chi connectivity index (χ1v) is 8.90. The highest BCUT2D eigenvalue weighted by molar-refractivity contribution is 6.35. The minimum absolute atomic E-state index is 0.180. The topological polar surface area (TPSA) is 63.8 Å². The molecule has 2 aromatic carbocycles. The first kappa shape index (κ1) is 19.3. The zero-order valence-corrected chi connectivity index (χ0v) is 16.1. The predicted molar refractivity (Wildman–Crippen MR) is 107 cm³/mol. The van der Waals surface area contributed by atoms with Crippen molar-refractivity contribution in [3.63, 3.8) is 0 Å². The molecule has 0 fully saturated rings. The van der Waals surface area contributed by atoms with E-state index in [1.165, 1.54) is 6.21 Å². The van der Waals surface area contributed by atoms with E-state index in [1.807, 2.05) is 0 Å². The molecule has 0 radical (unpaired) electrons. The highest BCUT2D eigenvalue weighted by Gasteiger charge is 2.09. The van der Waals surface area contributed by atoms with Crippen LogP contribution < -0.4 is 10.2 Å². The Bertz CT molecular complexity index is 969. The Morgan fingerprint density at radius 3 is 2.56 bits per heavy atom. The standard InChI is InChI=1S/C19H13Cl3N2O3/c20-12-1-4-14(5-2-12)26-11-19(25)24-23-10-15-6-8-18(27-15)16-9-13(21)3-7-17(16)22/h1-10H,11H2,(H,24,25). The third-order valence-electron chi connectivity index (χ3n) is 3.39. The number of furan rings is 1. The number of ether oxygens (including phenoxy) is 1. The summed E-state index contributed by atoms with van der Waals surface area (Å²) in [4.78, 5) is 11.7. The lowest BCUT2D eigenvalue weighted by Gasteiger charge is -2.04. The highest BCUT2D eigenvalue weighted by Crippen LogP contribution is 2.31. The number of carbonyl (C=O) groups is 1. The summed E-state index contributed by atoms with van der Waals surface area (Å²) in [6.07, 6.45) is 1.38. The van der Waals surface area contributed by atoms with Crippen LogP contribution in [0.25, 0.3) is 11.3 Å². The summed E-state index contributed by atoms with van der Waals surface area (Å²) in [6.45, 7) is -0.180. The number of hydrazone groups is 1. The maximum Gasteiger partial charge on any atom is 0.277 e. The summed E-state index contributed by atoms with van der Waals surface area (Å²) in [7, 11) is 0. The lowest BCUT2D eigenvalue weighted by atomic mass is 10.2. The van der Waals surface area contributed by atoms with Crippen molar-refractivity contribution in [1.29, 1.82) is 0 Å². The lowest BCUT2D eigenvalue weighted by molar-refractivity contribution is -0.123. The van der Waals surface area contributed by atoms with Gasteiger partial charge in [0, 0.05) is 15.6 Å². The Hall–Kier alpha value is -2.47. The number of nitrogens with one attached hydrogen (secondary N) is 1. The SMILES string of the molecule is O=C(COc1ccc(Cl)cc1)NN=Cc1ccc(-c2cc(Cl)ccc2Cl)o1. The van der Waals surface area contributed by atoms with Crippen LogP contribution in [0.4, 0.5) is 0 Å². The fourth-order valence-electron chi connectivity index (χ4n) is 2.13. The zero-order valence-electron chi connectivity index (χ0n) is 13.8. The second-order valence-corrected chi connectivity index (χ2v) is 6.64. The second kappa shape index (κ2) is 8.95. The van der Waals surface area contributed by atoms with Crippen molar-refractivity contribution < 1.29 is 13.9 Å². The molecular formula is C19H13Cl3N2O3. The molecule has 27 heavy (non-hydrogen) atoms. The van der Waals surface area contributed by atoms with Crippen LogP contribution in [0, 0.1) is 0 Å². The summed E-state index contributed by atoms with van der Waals surface area (Å²) in [5, 5.41) is 5.50. The van der Waals surface area contributed by atoms with Crippen LogP contribution >= 0.6 is 34.8 Å². The number of rotatable bonds is 6. The van der Waals surface area contributed by atoms with Crippen LogP contribution in [0.2, 0.25) is 15.1 Å². The Kier molecular flexibility index (Phi) is 6.40. The van der Waals surface area contributed by atoms with Crippen molar-refractivity contribution >= 4 is 46.9 Å². The molecule has 5 nitrogen and oxygen atoms in total. The van der Waals surface area contributed by atoms with Crippen LogP contribution in [0.1, 0.15) is 5.76 Å². The average molecular weight is 424 g/mol. The van der Waals surface area contributed by atoms with Gasteiger partial charge in [-0.2, -0.15) is 5.10 Å². The Labute approximate surface area is 170 Å².